The Morgan fingerprint density at radius 2 is 1.90 bits per heavy atom. The fourth-order valence-electron chi connectivity index (χ4n) is 3.06. The summed E-state index contributed by atoms with van der Waals surface area (Å²) in [6.45, 7) is 2.02. The van der Waals surface area contributed by atoms with Crippen molar-refractivity contribution in [3.8, 4) is 17.1 Å². The maximum atomic E-state index is 5.98. The van der Waals surface area contributed by atoms with Crippen molar-refractivity contribution in [2.45, 2.75) is 38.5 Å². The van der Waals surface area contributed by atoms with Crippen LogP contribution in [0.4, 0.5) is 5.82 Å². The summed E-state index contributed by atoms with van der Waals surface area (Å²) in [4.78, 5) is 9.15. The molecule has 0 amide bonds. The number of ether oxygens (including phenoxy) is 1. The average molecular weight is 283 g/mol. The van der Waals surface area contributed by atoms with E-state index in [4.69, 9.17) is 15.5 Å². The van der Waals surface area contributed by atoms with Crippen LogP contribution in [0.15, 0.2) is 24.3 Å². The van der Waals surface area contributed by atoms with Gasteiger partial charge in [0.05, 0.1) is 7.11 Å². The number of benzene rings is 1. The molecule has 4 heteroatoms. The van der Waals surface area contributed by atoms with E-state index < -0.39 is 0 Å². The van der Waals surface area contributed by atoms with Gasteiger partial charge in [0.15, 0.2) is 5.82 Å². The number of hydrogen-bond donors (Lipinski definition) is 1. The number of aromatic nitrogens is 2. The number of anilines is 1. The summed E-state index contributed by atoms with van der Waals surface area (Å²) < 4.78 is 5.30. The topological polar surface area (TPSA) is 61.0 Å². The molecule has 0 aliphatic heterocycles. The van der Waals surface area contributed by atoms with Gasteiger partial charge in [-0.2, -0.15) is 0 Å². The van der Waals surface area contributed by atoms with Gasteiger partial charge in [0.2, 0.25) is 0 Å². The first-order chi connectivity index (χ1) is 10.2. The predicted octanol–water partition coefficient (Wildman–Crippen LogP) is 3.70. The standard InChI is InChI=1S/C17H21N3O/c1-11-9-13(7-8-15(11)21-2)17-19-14(10-16(18)20-17)12-5-3-4-6-12/h7-10,12H,3-6H2,1-2H3,(H2,18,19,20). The van der Waals surface area contributed by atoms with Crippen molar-refractivity contribution in [1.29, 1.82) is 0 Å². The molecule has 0 saturated heterocycles. The molecule has 1 saturated carbocycles. The molecule has 2 aromatic rings. The molecule has 1 aliphatic rings. The van der Waals surface area contributed by atoms with Crippen LogP contribution >= 0.6 is 0 Å². The van der Waals surface area contributed by atoms with Crippen LogP contribution in [0, 0.1) is 6.92 Å². The number of hydrogen-bond acceptors (Lipinski definition) is 4. The maximum absolute atomic E-state index is 5.98. The minimum atomic E-state index is 0.536. The van der Waals surface area contributed by atoms with E-state index in [1.54, 1.807) is 7.11 Å². The molecule has 4 nitrogen and oxygen atoms in total. The molecule has 1 aromatic carbocycles. The Hall–Kier alpha value is -2.10. The van der Waals surface area contributed by atoms with Gasteiger partial charge in [-0.15, -0.1) is 0 Å². The molecule has 0 unspecified atom stereocenters. The van der Waals surface area contributed by atoms with Crippen molar-refractivity contribution in [3.63, 3.8) is 0 Å². The Morgan fingerprint density at radius 3 is 2.57 bits per heavy atom. The van der Waals surface area contributed by atoms with Crippen LogP contribution < -0.4 is 10.5 Å². The first-order valence-electron chi connectivity index (χ1n) is 7.47. The molecule has 1 aliphatic carbocycles. The van der Waals surface area contributed by atoms with Gasteiger partial charge >= 0.3 is 0 Å². The highest BCUT2D eigenvalue weighted by atomic mass is 16.5. The molecule has 0 radical (unpaired) electrons. The number of nitrogens with zero attached hydrogens (tertiary/aromatic N) is 2. The fourth-order valence-corrected chi connectivity index (χ4v) is 3.06. The minimum Gasteiger partial charge on any atom is -0.496 e. The van der Waals surface area contributed by atoms with Crippen LogP contribution in [0.5, 0.6) is 5.75 Å². The summed E-state index contributed by atoms with van der Waals surface area (Å²) in [5.41, 5.74) is 9.13. The summed E-state index contributed by atoms with van der Waals surface area (Å²) in [6.07, 6.45) is 4.98. The molecule has 3 rings (SSSR count). The largest absolute Gasteiger partial charge is 0.496 e. The van der Waals surface area contributed by atoms with E-state index in [1.165, 1.54) is 25.7 Å². The Balaban J connectivity index is 1.99. The van der Waals surface area contributed by atoms with Crippen molar-refractivity contribution >= 4 is 5.82 Å². The van der Waals surface area contributed by atoms with Crippen molar-refractivity contribution in [2.24, 2.45) is 0 Å². The molecule has 2 N–H and O–H groups in total. The van der Waals surface area contributed by atoms with Crippen molar-refractivity contribution in [3.05, 3.63) is 35.5 Å². The maximum Gasteiger partial charge on any atom is 0.161 e. The van der Waals surface area contributed by atoms with Gasteiger partial charge in [-0.25, -0.2) is 9.97 Å². The molecular formula is C17H21N3O. The molecule has 110 valence electrons. The smallest absolute Gasteiger partial charge is 0.161 e. The molecule has 21 heavy (non-hydrogen) atoms. The normalized spacial score (nSPS) is 15.3. The third kappa shape index (κ3) is 2.84. The molecule has 1 heterocycles. The van der Waals surface area contributed by atoms with Crippen LogP contribution in [0.25, 0.3) is 11.4 Å². The van der Waals surface area contributed by atoms with Gasteiger partial charge in [-0.1, -0.05) is 12.8 Å². The van der Waals surface area contributed by atoms with Gasteiger partial charge in [0.1, 0.15) is 11.6 Å². The van der Waals surface area contributed by atoms with Crippen molar-refractivity contribution in [1.82, 2.24) is 9.97 Å². The van der Waals surface area contributed by atoms with E-state index in [-0.39, 0.29) is 0 Å². The number of methoxy groups -OCH3 is 1. The first-order valence-corrected chi connectivity index (χ1v) is 7.47. The van der Waals surface area contributed by atoms with E-state index >= 15 is 0 Å². The number of rotatable bonds is 3. The Labute approximate surface area is 125 Å². The van der Waals surface area contributed by atoms with E-state index in [0.717, 1.165) is 22.6 Å². The summed E-state index contributed by atoms with van der Waals surface area (Å²) in [5, 5.41) is 0. The van der Waals surface area contributed by atoms with Crippen LogP contribution in [0.3, 0.4) is 0 Å². The van der Waals surface area contributed by atoms with Crippen LogP contribution in [-0.2, 0) is 0 Å². The summed E-state index contributed by atoms with van der Waals surface area (Å²) in [6, 6.07) is 7.91. The Bertz CT molecular complexity index is 648. The van der Waals surface area contributed by atoms with Gasteiger partial charge in [0, 0.05) is 23.2 Å². The highest BCUT2D eigenvalue weighted by molar-refractivity contribution is 5.60. The Kier molecular flexibility index (Phi) is 3.78. The second-order valence-electron chi connectivity index (χ2n) is 5.71. The van der Waals surface area contributed by atoms with E-state index in [1.807, 2.05) is 31.2 Å². The zero-order chi connectivity index (χ0) is 14.8. The third-order valence-corrected chi connectivity index (χ3v) is 4.19. The predicted molar refractivity (Wildman–Crippen MR) is 84.4 cm³/mol. The van der Waals surface area contributed by atoms with E-state index in [0.29, 0.717) is 17.6 Å². The lowest BCUT2D eigenvalue weighted by Gasteiger charge is -2.12. The van der Waals surface area contributed by atoms with Gasteiger partial charge in [0.25, 0.3) is 0 Å². The number of nitrogens with two attached hydrogens (primary N) is 1. The van der Waals surface area contributed by atoms with E-state index in [9.17, 15) is 0 Å². The lowest BCUT2D eigenvalue weighted by atomic mass is 10.0. The molecule has 0 atom stereocenters. The molecular weight excluding hydrogens is 262 g/mol. The molecule has 1 fully saturated rings. The Morgan fingerprint density at radius 1 is 1.14 bits per heavy atom. The zero-order valence-corrected chi connectivity index (χ0v) is 12.6. The minimum absolute atomic E-state index is 0.536. The number of aryl methyl sites for hydroxylation is 1. The highest BCUT2D eigenvalue weighted by Crippen LogP contribution is 2.34. The van der Waals surface area contributed by atoms with Crippen LogP contribution in [0.2, 0.25) is 0 Å². The second-order valence-corrected chi connectivity index (χ2v) is 5.71. The monoisotopic (exact) mass is 283 g/mol. The zero-order valence-electron chi connectivity index (χ0n) is 12.6. The van der Waals surface area contributed by atoms with Gasteiger partial charge < -0.3 is 10.5 Å². The summed E-state index contributed by atoms with van der Waals surface area (Å²) in [5.74, 6) is 2.67. The second kappa shape index (κ2) is 5.72. The SMILES string of the molecule is COc1ccc(-c2nc(N)cc(C3CCCC3)n2)cc1C. The summed E-state index contributed by atoms with van der Waals surface area (Å²) in [7, 11) is 1.68. The molecule has 1 aromatic heterocycles. The fraction of sp³-hybridized carbons (Fsp3) is 0.412. The van der Waals surface area contributed by atoms with Crippen molar-refractivity contribution in [2.75, 3.05) is 12.8 Å². The van der Waals surface area contributed by atoms with E-state index in [2.05, 4.69) is 4.98 Å². The number of nitrogen functional groups attached to an aromatic ring is 1. The van der Waals surface area contributed by atoms with Gasteiger partial charge in [-0.05, 0) is 43.5 Å². The van der Waals surface area contributed by atoms with Crippen LogP contribution in [-0.4, -0.2) is 17.1 Å². The lowest BCUT2D eigenvalue weighted by molar-refractivity contribution is 0.412. The molecule has 0 spiro atoms. The third-order valence-electron chi connectivity index (χ3n) is 4.19. The first kappa shape index (κ1) is 13.9. The van der Waals surface area contributed by atoms with Crippen LogP contribution in [0.1, 0.15) is 42.9 Å². The van der Waals surface area contributed by atoms with Gasteiger partial charge in [-0.3, -0.25) is 0 Å². The molecule has 0 bridgehead atoms. The average Bonchev–Trinajstić information content (AvgIpc) is 3.01. The lowest BCUT2D eigenvalue weighted by Crippen LogP contribution is -2.03. The summed E-state index contributed by atoms with van der Waals surface area (Å²) >= 11 is 0. The quantitative estimate of drug-likeness (QED) is 0.933. The van der Waals surface area contributed by atoms with Crippen molar-refractivity contribution < 1.29 is 4.74 Å². The highest BCUT2D eigenvalue weighted by Gasteiger charge is 2.20.